The summed E-state index contributed by atoms with van der Waals surface area (Å²) >= 11 is 0. The predicted octanol–water partition coefficient (Wildman–Crippen LogP) is 2.73. The first-order valence-electron chi connectivity index (χ1n) is 8.92. The summed E-state index contributed by atoms with van der Waals surface area (Å²) < 4.78 is 49.0. The second-order valence-electron chi connectivity index (χ2n) is 6.41. The molecule has 10 heteroatoms. The summed E-state index contributed by atoms with van der Waals surface area (Å²) in [7, 11) is 0.652. The van der Waals surface area contributed by atoms with Gasteiger partial charge in [0.1, 0.15) is 0 Å². The van der Waals surface area contributed by atoms with E-state index in [9.17, 15) is 17.4 Å². The highest BCUT2D eigenvalue weighted by Crippen LogP contribution is 2.23. The first kappa shape index (κ1) is 25.9. The van der Waals surface area contributed by atoms with Gasteiger partial charge in [-0.05, 0) is 33.2 Å². The predicted molar refractivity (Wildman–Crippen MR) is 113 cm³/mol. The van der Waals surface area contributed by atoms with Crippen LogP contribution in [-0.2, 0) is 10.8 Å². The number of aliphatic imine (C=N–C) groups is 1. The van der Waals surface area contributed by atoms with Crippen molar-refractivity contribution in [2.24, 2.45) is 4.99 Å². The summed E-state index contributed by atoms with van der Waals surface area (Å²) in [5.74, 6) is 1.30. The summed E-state index contributed by atoms with van der Waals surface area (Å²) in [5, 5.41) is 6.70. The van der Waals surface area contributed by atoms with E-state index in [1.165, 1.54) is 11.9 Å². The van der Waals surface area contributed by atoms with Crippen LogP contribution in [0.5, 0.6) is 0 Å². The quantitative estimate of drug-likeness (QED) is 0.299. The van der Waals surface area contributed by atoms with E-state index in [0.29, 0.717) is 24.8 Å². The maximum Gasteiger partial charge on any atom is 0.401 e. The van der Waals surface area contributed by atoms with Gasteiger partial charge in [0.2, 0.25) is 0 Å². The normalized spacial score (nSPS) is 22.7. The van der Waals surface area contributed by atoms with Crippen LogP contribution < -0.4 is 10.6 Å². The second-order valence-corrected chi connectivity index (χ2v) is 8.42. The molecule has 1 fully saturated rings. The molecule has 0 radical (unpaired) electrons. The molecule has 3 atom stereocenters. The summed E-state index contributed by atoms with van der Waals surface area (Å²) in [4.78, 5) is 5.59. The second kappa shape index (κ2) is 13.1. The number of hydrogen-bond donors (Lipinski definition) is 2. The average Bonchev–Trinajstić information content (AvgIpc) is 2.52. The van der Waals surface area contributed by atoms with Gasteiger partial charge in [0.15, 0.2) is 5.96 Å². The first-order valence-corrected chi connectivity index (χ1v) is 10.3. The van der Waals surface area contributed by atoms with Crippen molar-refractivity contribution in [3.05, 3.63) is 0 Å². The van der Waals surface area contributed by atoms with Gasteiger partial charge in [-0.25, -0.2) is 0 Å². The zero-order valence-corrected chi connectivity index (χ0v) is 18.9. The molecule has 0 aromatic carbocycles. The lowest BCUT2D eigenvalue weighted by Crippen LogP contribution is -2.47. The van der Waals surface area contributed by atoms with E-state index in [1.807, 2.05) is 13.8 Å². The molecule has 0 spiro atoms. The van der Waals surface area contributed by atoms with Crippen LogP contribution in [0.15, 0.2) is 4.99 Å². The Morgan fingerprint density at radius 3 is 2.58 bits per heavy atom. The molecule has 1 aliphatic carbocycles. The Hall–Kier alpha value is -0.100. The minimum absolute atomic E-state index is 0. The first-order chi connectivity index (χ1) is 11.7. The molecule has 1 saturated carbocycles. The summed E-state index contributed by atoms with van der Waals surface area (Å²) in [6.07, 6.45) is -0.321. The third-order valence-corrected chi connectivity index (χ3v) is 5.91. The van der Waals surface area contributed by atoms with Gasteiger partial charge in [-0.15, -0.1) is 24.0 Å². The monoisotopic (exact) mass is 512 g/mol. The molecular weight excluding hydrogens is 480 g/mol. The van der Waals surface area contributed by atoms with Crippen molar-refractivity contribution < 1.29 is 17.4 Å². The molecular formula is C16H32F3IN4OS. The molecule has 2 N–H and O–H groups in total. The molecule has 156 valence electrons. The number of halogens is 4. The van der Waals surface area contributed by atoms with E-state index in [2.05, 4.69) is 15.6 Å². The van der Waals surface area contributed by atoms with Gasteiger partial charge in [0.05, 0.1) is 13.1 Å². The van der Waals surface area contributed by atoms with Gasteiger partial charge in [-0.1, -0.05) is 13.3 Å². The third-order valence-electron chi connectivity index (χ3n) is 4.17. The molecule has 1 aliphatic rings. The van der Waals surface area contributed by atoms with Crippen molar-refractivity contribution in [1.82, 2.24) is 15.5 Å². The molecule has 0 aromatic rings. The van der Waals surface area contributed by atoms with Gasteiger partial charge >= 0.3 is 6.18 Å². The SMILES string of the molecule is CCNC(=NCCN(C)CC(F)(F)F)NC1CCCC(S(=O)CC)C1.I. The highest BCUT2D eigenvalue weighted by atomic mass is 127. The van der Waals surface area contributed by atoms with Crippen LogP contribution in [0.4, 0.5) is 13.2 Å². The van der Waals surface area contributed by atoms with Gasteiger partial charge in [-0.3, -0.25) is 14.1 Å². The molecule has 5 nitrogen and oxygen atoms in total. The molecule has 0 aliphatic heterocycles. The van der Waals surface area contributed by atoms with Crippen LogP contribution in [0.2, 0.25) is 0 Å². The number of likely N-dealkylation sites (N-methyl/N-ethyl adjacent to an activating group) is 1. The average molecular weight is 512 g/mol. The Balaban J connectivity index is 0.00000625. The molecule has 26 heavy (non-hydrogen) atoms. The van der Waals surface area contributed by atoms with Gasteiger partial charge < -0.3 is 10.6 Å². The van der Waals surface area contributed by atoms with E-state index >= 15 is 0 Å². The molecule has 0 heterocycles. The Labute approximate surface area is 174 Å². The summed E-state index contributed by atoms with van der Waals surface area (Å²) in [6, 6.07) is 0.208. The van der Waals surface area contributed by atoms with Crippen molar-refractivity contribution in [3.63, 3.8) is 0 Å². The fourth-order valence-corrected chi connectivity index (χ4v) is 4.33. The Kier molecular flexibility index (Phi) is 13.1. The van der Waals surface area contributed by atoms with Crippen molar-refractivity contribution in [3.8, 4) is 0 Å². The van der Waals surface area contributed by atoms with E-state index in [1.54, 1.807) is 0 Å². The van der Waals surface area contributed by atoms with Gasteiger partial charge in [0, 0.05) is 40.9 Å². The van der Waals surface area contributed by atoms with Crippen molar-refractivity contribution in [2.75, 3.05) is 39.0 Å². The number of guanidine groups is 1. The fraction of sp³-hybridized carbons (Fsp3) is 0.938. The lowest BCUT2D eigenvalue weighted by Gasteiger charge is -2.30. The molecule has 1 rings (SSSR count). The number of rotatable bonds is 8. The molecule has 0 saturated heterocycles. The van der Waals surface area contributed by atoms with Crippen molar-refractivity contribution in [2.45, 2.75) is 57.0 Å². The molecule has 0 amide bonds. The number of alkyl halides is 3. The maximum atomic E-state index is 12.3. The third kappa shape index (κ3) is 10.9. The zero-order valence-electron chi connectivity index (χ0n) is 15.8. The van der Waals surface area contributed by atoms with E-state index in [-0.39, 0.29) is 41.8 Å². The largest absolute Gasteiger partial charge is 0.401 e. The number of hydrogen-bond acceptors (Lipinski definition) is 3. The van der Waals surface area contributed by atoms with Crippen LogP contribution in [0, 0.1) is 0 Å². The van der Waals surface area contributed by atoms with Crippen LogP contribution in [0.25, 0.3) is 0 Å². The van der Waals surface area contributed by atoms with E-state index in [4.69, 9.17) is 0 Å². The van der Waals surface area contributed by atoms with Crippen molar-refractivity contribution >= 4 is 40.7 Å². The Bertz CT molecular complexity index is 452. The highest BCUT2D eigenvalue weighted by molar-refractivity contribution is 14.0. The smallest absolute Gasteiger partial charge is 0.357 e. The van der Waals surface area contributed by atoms with Crippen LogP contribution in [0.3, 0.4) is 0 Å². The van der Waals surface area contributed by atoms with E-state index in [0.717, 1.165) is 25.7 Å². The standard InChI is InChI=1S/C16H31F3N4OS.HI/c1-4-20-15(21-9-10-23(3)12-16(17,18)19)22-13-7-6-8-14(11-13)25(24)5-2;/h13-14H,4-12H2,1-3H3,(H2,20,21,22);1H. The molecule has 0 bridgehead atoms. The van der Waals surface area contributed by atoms with Gasteiger partial charge in [-0.2, -0.15) is 13.2 Å². The fourth-order valence-electron chi connectivity index (χ4n) is 2.98. The van der Waals surface area contributed by atoms with Crippen LogP contribution in [-0.4, -0.2) is 71.5 Å². The van der Waals surface area contributed by atoms with Crippen LogP contribution in [0.1, 0.15) is 39.5 Å². The Morgan fingerprint density at radius 2 is 2.00 bits per heavy atom. The Morgan fingerprint density at radius 1 is 1.31 bits per heavy atom. The molecule has 0 aromatic heterocycles. The topological polar surface area (TPSA) is 56.7 Å². The van der Waals surface area contributed by atoms with E-state index < -0.39 is 23.5 Å². The minimum Gasteiger partial charge on any atom is -0.357 e. The highest BCUT2D eigenvalue weighted by Gasteiger charge is 2.29. The summed E-state index contributed by atoms with van der Waals surface area (Å²) in [6.45, 7) is 4.17. The summed E-state index contributed by atoms with van der Waals surface area (Å²) in [5.41, 5.74) is 0. The lowest BCUT2D eigenvalue weighted by molar-refractivity contribution is -0.142. The number of nitrogens with one attached hydrogen (secondary N) is 2. The van der Waals surface area contributed by atoms with Crippen LogP contribution >= 0.6 is 24.0 Å². The lowest BCUT2D eigenvalue weighted by atomic mass is 9.95. The van der Waals surface area contributed by atoms with Crippen molar-refractivity contribution in [1.29, 1.82) is 0 Å². The van der Waals surface area contributed by atoms with Gasteiger partial charge in [0.25, 0.3) is 0 Å². The number of nitrogens with zero attached hydrogens (tertiary/aromatic N) is 2. The minimum atomic E-state index is -4.19. The molecule has 3 unspecified atom stereocenters. The zero-order chi connectivity index (χ0) is 18.9. The maximum absolute atomic E-state index is 12.3.